The molecule has 5 aromatic rings. The van der Waals surface area contributed by atoms with Crippen molar-refractivity contribution < 1.29 is 14.3 Å². The van der Waals surface area contributed by atoms with E-state index >= 15 is 0 Å². The molecule has 0 saturated heterocycles. The van der Waals surface area contributed by atoms with Crippen LogP contribution in [0.5, 0.6) is 0 Å². The molecule has 34 heavy (non-hydrogen) atoms. The van der Waals surface area contributed by atoms with Gasteiger partial charge in [0.2, 0.25) is 0 Å². The van der Waals surface area contributed by atoms with Crippen LogP contribution in [0.1, 0.15) is 10.4 Å². The van der Waals surface area contributed by atoms with Crippen LogP contribution in [0.2, 0.25) is 0 Å². The molecule has 1 aliphatic heterocycles. The zero-order chi connectivity index (χ0) is 23.1. The first-order chi connectivity index (χ1) is 16.7. The SMILES string of the molecule is O=C(OCC(=O)N1c2ccccc2Sc2ccccc21)c1c2ccccc2cc2ccccc12. The highest BCUT2D eigenvalue weighted by Crippen LogP contribution is 2.47. The van der Waals surface area contributed by atoms with E-state index in [1.54, 1.807) is 16.7 Å². The minimum Gasteiger partial charge on any atom is -0.452 e. The Morgan fingerprint density at radius 2 is 1.18 bits per heavy atom. The molecule has 5 heteroatoms. The molecule has 0 unspecified atom stereocenters. The van der Waals surface area contributed by atoms with Crippen LogP contribution in [0.4, 0.5) is 11.4 Å². The van der Waals surface area contributed by atoms with E-state index in [9.17, 15) is 9.59 Å². The second kappa shape index (κ2) is 8.36. The van der Waals surface area contributed by atoms with Crippen molar-refractivity contribution in [2.75, 3.05) is 11.5 Å². The van der Waals surface area contributed by atoms with Gasteiger partial charge < -0.3 is 4.74 Å². The van der Waals surface area contributed by atoms with E-state index in [2.05, 4.69) is 6.07 Å². The number of ether oxygens (including phenoxy) is 1. The van der Waals surface area contributed by atoms with E-state index < -0.39 is 5.97 Å². The predicted octanol–water partition coefficient (Wildman–Crippen LogP) is 6.98. The summed E-state index contributed by atoms with van der Waals surface area (Å²) in [6, 6.07) is 33.0. The van der Waals surface area contributed by atoms with E-state index in [0.717, 1.165) is 42.7 Å². The number of nitrogens with zero attached hydrogens (tertiary/aromatic N) is 1. The first kappa shape index (κ1) is 20.5. The fraction of sp³-hybridized carbons (Fsp3) is 0.0345. The first-order valence-electron chi connectivity index (χ1n) is 11.0. The van der Waals surface area contributed by atoms with E-state index in [1.165, 1.54) is 0 Å². The molecule has 164 valence electrons. The predicted molar refractivity (Wildman–Crippen MR) is 136 cm³/mol. The first-order valence-corrected chi connectivity index (χ1v) is 11.8. The average Bonchev–Trinajstić information content (AvgIpc) is 2.88. The van der Waals surface area contributed by atoms with Crippen molar-refractivity contribution in [1.29, 1.82) is 0 Å². The van der Waals surface area contributed by atoms with Crippen molar-refractivity contribution >= 4 is 56.6 Å². The number of fused-ring (bicyclic) bond motifs is 4. The molecule has 0 aromatic heterocycles. The lowest BCUT2D eigenvalue weighted by atomic mass is 9.97. The summed E-state index contributed by atoms with van der Waals surface area (Å²) >= 11 is 1.63. The second-order valence-electron chi connectivity index (χ2n) is 8.04. The van der Waals surface area contributed by atoms with Crippen LogP contribution in [-0.2, 0) is 9.53 Å². The van der Waals surface area contributed by atoms with Gasteiger partial charge in [-0.3, -0.25) is 9.69 Å². The fourth-order valence-electron chi connectivity index (χ4n) is 4.47. The van der Waals surface area contributed by atoms with Crippen LogP contribution in [-0.4, -0.2) is 18.5 Å². The molecule has 6 rings (SSSR count). The Labute approximate surface area is 200 Å². The van der Waals surface area contributed by atoms with Gasteiger partial charge in [0, 0.05) is 9.79 Å². The number of para-hydroxylation sites is 2. The van der Waals surface area contributed by atoms with E-state index in [1.807, 2.05) is 97.1 Å². The van der Waals surface area contributed by atoms with Crippen molar-refractivity contribution in [3.8, 4) is 0 Å². The number of hydrogen-bond donors (Lipinski definition) is 0. The molecular formula is C29H19NO3S. The number of hydrogen-bond acceptors (Lipinski definition) is 4. The van der Waals surface area contributed by atoms with Gasteiger partial charge in [0.05, 0.1) is 16.9 Å². The summed E-state index contributed by atoms with van der Waals surface area (Å²) in [5.74, 6) is -0.799. The van der Waals surface area contributed by atoms with Crippen LogP contribution in [0.25, 0.3) is 21.5 Å². The zero-order valence-corrected chi connectivity index (χ0v) is 18.9. The Morgan fingerprint density at radius 3 is 1.76 bits per heavy atom. The van der Waals surface area contributed by atoms with Gasteiger partial charge in [0.1, 0.15) is 0 Å². The summed E-state index contributed by atoms with van der Waals surface area (Å²) < 4.78 is 5.65. The number of rotatable bonds is 3. The molecule has 1 heterocycles. The van der Waals surface area contributed by atoms with E-state index in [4.69, 9.17) is 4.74 Å². The topological polar surface area (TPSA) is 46.6 Å². The molecule has 0 spiro atoms. The Hall–Kier alpha value is -4.09. The molecule has 0 bridgehead atoms. The summed E-state index contributed by atoms with van der Waals surface area (Å²) in [6.45, 7) is -0.357. The third-order valence-corrected chi connectivity index (χ3v) is 7.11. The molecule has 0 N–H and O–H groups in total. The normalized spacial score (nSPS) is 12.3. The summed E-state index contributed by atoms with van der Waals surface area (Å²) in [6.07, 6.45) is 0. The van der Waals surface area contributed by atoms with Crippen LogP contribution in [0.3, 0.4) is 0 Å². The minimum atomic E-state index is -0.505. The van der Waals surface area contributed by atoms with Crippen LogP contribution < -0.4 is 4.90 Å². The largest absolute Gasteiger partial charge is 0.452 e. The third kappa shape index (κ3) is 3.42. The molecule has 0 fully saturated rings. The van der Waals surface area contributed by atoms with E-state index in [-0.39, 0.29) is 12.5 Å². The Balaban J connectivity index is 1.35. The van der Waals surface area contributed by atoms with Crippen molar-refractivity contribution in [2.45, 2.75) is 9.79 Å². The molecule has 0 aliphatic carbocycles. The highest BCUT2D eigenvalue weighted by atomic mass is 32.2. The number of esters is 1. The van der Waals surface area contributed by atoms with Crippen molar-refractivity contribution in [1.82, 2.24) is 0 Å². The maximum atomic E-state index is 13.4. The summed E-state index contributed by atoms with van der Waals surface area (Å²) in [5, 5.41) is 3.53. The number of amides is 1. The molecule has 0 atom stereocenters. The molecule has 1 aliphatic rings. The molecule has 0 radical (unpaired) electrons. The Morgan fingerprint density at radius 1 is 0.676 bits per heavy atom. The number of benzene rings is 5. The molecule has 5 aromatic carbocycles. The van der Waals surface area contributed by atoms with E-state index in [0.29, 0.717) is 5.56 Å². The van der Waals surface area contributed by atoms with Gasteiger partial charge in [-0.05, 0) is 51.9 Å². The summed E-state index contributed by atoms with van der Waals surface area (Å²) in [7, 11) is 0. The van der Waals surface area contributed by atoms with Crippen molar-refractivity contribution in [3.05, 3.63) is 109 Å². The molecule has 0 saturated carbocycles. The lowest BCUT2D eigenvalue weighted by molar-refractivity contribution is -0.121. The lowest BCUT2D eigenvalue weighted by Gasteiger charge is -2.30. The lowest BCUT2D eigenvalue weighted by Crippen LogP contribution is -2.32. The van der Waals surface area contributed by atoms with Crippen LogP contribution >= 0.6 is 11.8 Å². The van der Waals surface area contributed by atoms with Gasteiger partial charge in [0.15, 0.2) is 6.61 Å². The summed E-state index contributed by atoms with van der Waals surface area (Å²) in [5.41, 5.74) is 2.07. The average molecular weight is 462 g/mol. The van der Waals surface area contributed by atoms with Crippen molar-refractivity contribution in [2.24, 2.45) is 0 Å². The zero-order valence-electron chi connectivity index (χ0n) is 18.1. The Bertz CT molecular complexity index is 1490. The van der Waals surface area contributed by atoms with Gasteiger partial charge in [-0.25, -0.2) is 4.79 Å². The minimum absolute atomic E-state index is 0.293. The molecular weight excluding hydrogens is 442 g/mol. The second-order valence-corrected chi connectivity index (χ2v) is 9.12. The van der Waals surface area contributed by atoms with Crippen LogP contribution in [0.15, 0.2) is 113 Å². The highest BCUT2D eigenvalue weighted by molar-refractivity contribution is 7.99. The quantitative estimate of drug-likeness (QED) is 0.215. The molecule has 4 nitrogen and oxygen atoms in total. The number of anilines is 2. The van der Waals surface area contributed by atoms with Gasteiger partial charge in [-0.2, -0.15) is 0 Å². The third-order valence-electron chi connectivity index (χ3n) is 5.98. The van der Waals surface area contributed by atoms with Gasteiger partial charge in [0.25, 0.3) is 5.91 Å². The summed E-state index contributed by atoms with van der Waals surface area (Å²) in [4.78, 5) is 30.4. The maximum absolute atomic E-state index is 13.4. The van der Waals surface area contributed by atoms with Gasteiger partial charge in [-0.15, -0.1) is 0 Å². The highest BCUT2D eigenvalue weighted by Gasteiger charge is 2.29. The van der Waals surface area contributed by atoms with Crippen molar-refractivity contribution in [3.63, 3.8) is 0 Å². The number of carbonyl (C=O) groups excluding carboxylic acids is 2. The molecule has 1 amide bonds. The van der Waals surface area contributed by atoms with Crippen LogP contribution in [0, 0.1) is 0 Å². The Kier molecular flexibility index (Phi) is 5.04. The standard InChI is InChI=1S/C29H19NO3S/c31-27(30-23-13-5-7-15-25(23)34-26-16-8-6-14-24(26)30)18-33-29(32)28-21-11-3-1-9-19(21)17-20-10-2-4-12-22(20)28/h1-17H,18H2. The van der Waals surface area contributed by atoms with Gasteiger partial charge in [-0.1, -0.05) is 84.6 Å². The monoisotopic (exact) mass is 461 g/mol. The smallest absolute Gasteiger partial charge is 0.339 e. The van der Waals surface area contributed by atoms with Gasteiger partial charge >= 0.3 is 5.97 Å². The maximum Gasteiger partial charge on any atom is 0.339 e. The number of carbonyl (C=O) groups is 2. The fourth-order valence-corrected chi connectivity index (χ4v) is 5.53.